The number of likely N-dealkylation sites (tertiary alicyclic amines) is 1. The van der Waals surface area contributed by atoms with E-state index < -0.39 is 30.5 Å². The van der Waals surface area contributed by atoms with Crippen LogP contribution >= 0.6 is 0 Å². The second-order valence-corrected chi connectivity index (χ2v) is 7.72. The van der Waals surface area contributed by atoms with Crippen LogP contribution in [0.2, 0.25) is 0 Å². The number of carbonyl (C=O) groups is 1. The van der Waals surface area contributed by atoms with Gasteiger partial charge in [0.15, 0.2) is 6.29 Å². The average Bonchev–Trinajstić information content (AvgIpc) is 3.27. The lowest BCUT2D eigenvalue weighted by atomic mass is 9.92. The van der Waals surface area contributed by atoms with E-state index in [-0.39, 0.29) is 53.5 Å². The second-order valence-electron chi connectivity index (χ2n) is 7.72. The fraction of sp³-hybridized carbons (Fsp3) is 0.962. The molecule has 2 saturated heterocycles. The molecule has 1 amide bonds. The summed E-state index contributed by atoms with van der Waals surface area (Å²) in [6.45, 7) is 10.2. The number of unbranched alkanes of at least 4 members (excludes halogenated alkanes) is 2. The Hall–Kier alpha value is -0.810. The van der Waals surface area contributed by atoms with Crippen LogP contribution in [0.3, 0.4) is 0 Å². The first-order chi connectivity index (χ1) is 15.4. The molecule has 0 saturated carbocycles. The van der Waals surface area contributed by atoms with Gasteiger partial charge in [0.25, 0.3) is 0 Å². The summed E-state index contributed by atoms with van der Waals surface area (Å²) in [4.78, 5) is 14.1. The second kappa shape index (κ2) is 23.6. The molecule has 0 aromatic rings. The number of rotatable bonds is 10. The topological polar surface area (TPSA) is 129 Å². The van der Waals surface area contributed by atoms with Gasteiger partial charge < -0.3 is 39.5 Å². The molecule has 0 aromatic heterocycles. The normalized spacial score (nSPS) is 29.2. The summed E-state index contributed by atoms with van der Waals surface area (Å²) in [5.74, 6) is -0.370. The quantitative estimate of drug-likeness (QED) is 0.328. The molecule has 2 unspecified atom stereocenters. The minimum atomic E-state index is -1.13. The number of nitrogens with zero attached hydrogens (tertiary/aromatic N) is 1. The van der Waals surface area contributed by atoms with Gasteiger partial charge >= 0.3 is 0 Å². The first-order valence-corrected chi connectivity index (χ1v) is 12.1. The maximum atomic E-state index is 12.4. The van der Waals surface area contributed by atoms with E-state index in [1.54, 1.807) is 18.9 Å². The molecule has 2 aliphatic rings. The molecule has 2 heterocycles. The zero-order valence-electron chi connectivity index (χ0n) is 20.8. The average molecular weight is 514 g/mol. The van der Waals surface area contributed by atoms with Crippen molar-refractivity contribution in [1.82, 2.24) is 4.90 Å². The lowest BCUT2D eigenvalue weighted by molar-refractivity contribution is -0.282. The van der Waals surface area contributed by atoms with Crippen LogP contribution in [0.15, 0.2) is 0 Å². The van der Waals surface area contributed by atoms with Gasteiger partial charge in [-0.25, -0.2) is 0 Å². The Bertz CT molecular complexity index is 480. The van der Waals surface area contributed by atoms with Crippen molar-refractivity contribution < 1.29 is 39.4 Å². The van der Waals surface area contributed by atoms with Gasteiger partial charge in [-0.2, -0.15) is 0 Å². The molecule has 2 rings (SSSR count). The van der Waals surface area contributed by atoms with E-state index in [1.807, 2.05) is 27.7 Å². The molecule has 2 fully saturated rings. The molecule has 216 valence electrons. The van der Waals surface area contributed by atoms with Crippen molar-refractivity contribution in [2.75, 3.05) is 33.5 Å². The zero-order chi connectivity index (χ0) is 24.7. The van der Waals surface area contributed by atoms with Crippen LogP contribution in [-0.4, -0.2) is 101 Å². The summed E-state index contributed by atoms with van der Waals surface area (Å²) in [5, 5.41) is 38.5. The fourth-order valence-corrected chi connectivity index (χ4v) is 3.83. The van der Waals surface area contributed by atoms with Crippen LogP contribution in [0.1, 0.15) is 89.0 Å². The van der Waals surface area contributed by atoms with E-state index >= 15 is 0 Å². The molecule has 0 bridgehead atoms. The highest BCUT2D eigenvalue weighted by atomic mass is 16.7. The van der Waals surface area contributed by atoms with E-state index in [2.05, 4.69) is 0 Å². The predicted octanol–water partition coefficient (Wildman–Crippen LogP) is 3.21. The van der Waals surface area contributed by atoms with Crippen LogP contribution < -0.4 is 0 Å². The first-order valence-electron chi connectivity index (χ1n) is 12.1. The lowest BCUT2D eigenvalue weighted by Gasteiger charge is -2.40. The molecule has 2 aliphatic heterocycles. The number of carbonyl (C=O) groups excluding carboxylic acids is 1. The summed E-state index contributed by atoms with van der Waals surface area (Å²) in [6.07, 6.45) is -0.356. The van der Waals surface area contributed by atoms with Gasteiger partial charge in [-0.15, -0.1) is 0 Å². The summed E-state index contributed by atoms with van der Waals surface area (Å²) in [6, 6.07) is -0.160. The number of amides is 1. The third-order valence-corrected chi connectivity index (χ3v) is 5.75. The van der Waals surface area contributed by atoms with E-state index in [4.69, 9.17) is 14.2 Å². The smallest absolute Gasteiger partial charge is 0.222 e. The van der Waals surface area contributed by atoms with Gasteiger partial charge in [0.2, 0.25) is 5.91 Å². The van der Waals surface area contributed by atoms with Crippen molar-refractivity contribution in [2.24, 2.45) is 5.92 Å². The first kappa shape index (κ1) is 41.3. The number of aliphatic hydroxyl groups excluding tert-OH is 4. The number of methoxy groups -OCH3 is 1. The number of hydrogen-bond acceptors (Lipinski definition) is 8. The minimum absolute atomic E-state index is 0. The van der Waals surface area contributed by atoms with Crippen molar-refractivity contribution in [3.05, 3.63) is 0 Å². The van der Waals surface area contributed by atoms with Crippen molar-refractivity contribution >= 4 is 5.91 Å². The summed E-state index contributed by atoms with van der Waals surface area (Å²) in [5.41, 5.74) is 0. The molecule has 9 nitrogen and oxygen atoms in total. The Morgan fingerprint density at radius 3 is 2.09 bits per heavy atom. The standard InChI is InChI=1S/C19H35NO8.2C2H6.3CH4/c1-12-17(24)18(25)15(11-22)28-19(12)27-7-5-3-4-6-16(23)20-9-14(26-2)8-13(20)10-21;2*1-2;;;/h12-15,17-19,21-22,24-25H,3-11H2,1-2H3;2*1-2H3;3*1H4/t12?,13-,14+,15?,17+,18-,19+;;;;;/m0...../s1. The Labute approximate surface area is 215 Å². The van der Waals surface area contributed by atoms with Crippen molar-refractivity contribution in [3.63, 3.8) is 0 Å². The largest absolute Gasteiger partial charge is 0.394 e. The van der Waals surface area contributed by atoms with Crippen LogP contribution in [-0.2, 0) is 19.0 Å². The SMILES string of the molecule is C.C.C.CC.CC.CO[C@@H]1C[C@@H](CO)N(C(=O)CCCCCO[C@@H]2OC(CO)[C@H](O)[C@H](O)C2C)C1. The minimum Gasteiger partial charge on any atom is -0.394 e. The monoisotopic (exact) mass is 513 g/mol. The third kappa shape index (κ3) is 12.8. The Morgan fingerprint density at radius 1 is 0.971 bits per heavy atom. The van der Waals surface area contributed by atoms with Crippen LogP contribution in [0.25, 0.3) is 0 Å². The molecule has 0 aromatic carbocycles. The maximum absolute atomic E-state index is 12.4. The highest BCUT2D eigenvalue weighted by Crippen LogP contribution is 2.27. The summed E-state index contributed by atoms with van der Waals surface area (Å²) < 4.78 is 16.5. The Kier molecular flexibility index (Phi) is 27.8. The molecule has 0 radical (unpaired) electrons. The highest BCUT2D eigenvalue weighted by molar-refractivity contribution is 5.76. The predicted molar refractivity (Wildman–Crippen MR) is 142 cm³/mol. The van der Waals surface area contributed by atoms with Gasteiger partial charge in [0.1, 0.15) is 12.2 Å². The summed E-state index contributed by atoms with van der Waals surface area (Å²) in [7, 11) is 1.62. The maximum Gasteiger partial charge on any atom is 0.222 e. The molecule has 0 spiro atoms. The molecular formula is C26H59NO8. The molecule has 35 heavy (non-hydrogen) atoms. The molecule has 0 aliphatic carbocycles. The lowest BCUT2D eigenvalue weighted by Crippen LogP contribution is -2.55. The van der Waals surface area contributed by atoms with Crippen molar-refractivity contribution in [2.45, 2.75) is 126 Å². The van der Waals surface area contributed by atoms with E-state index in [0.29, 0.717) is 26.0 Å². The Balaban J connectivity index is -0.000000652. The van der Waals surface area contributed by atoms with Crippen LogP contribution in [0, 0.1) is 5.92 Å². The third-order valence-electron chi connectivity index (χ3n) is 5.75. The van der Waals surface area contributed by atoms with E-state index in [1.165, 1.54) is 0 Å². The molecular weight excluding hydrogens is 454 g/mol. The van der Waals surface area contributed by atoms with Gasteiger partial charge in [-0.05, 0) is 19.3 Å². The van der Waals surface area contributed by atoms with Crippen molar-refractivity contribution in [3.8, 4) is 0 Å². The van der Waals surface area contributed by atoms with Crippen molar-refractivity contribution in [1.29, 1.82) is 0 Å². The van der Waals surface area contributed by atoms with Gasteiger partial charge in [-0.3, -0.25) is 4.79 Å². The van der Waals surface area contributed by atoms with Gasteiger partial charge in [-0.1, -0.05) is 63.3 Å². The highest BCUT2D eigenvalue weighted by Gasteiger charge is 2.42. The molecule has 7 atom stereocenters. The Morgan fingerprint density at radius 2 is 1.57 bits per heavy atom. The van der Waals surface area contributed by atoms with E-state index in [9.17, 15) is 25.2 Å². The number of ether oxygens (including phenoxy) is 3. The van der Waals surface area contributed by atoms with Gasteiger partial charge in [0, 0.05) is 32.6 Å². The van der Waals surface area contributed by atoms with Gasteiger partial charge in [0.05, 0.1) is 31.5 Å². The zero-order valence-corrected chi connectivity index (χ0v) is 20.8. The number of aliphatic hydroxyl groups is 4. The van der Waals surface area contributed by atoms with E-state index in [0.717, 1.165) is 19.3 Å². The number of hydrogen-bond donors (Lipinski definition) is 4. The molecule has 4 N–H and O–H groups in total. The van der Waals surface area contributed by atoms with Crippen LogP contribution in [0.5, 0.6) is 0 Å². The fourth-order valence-electron chi connectivity index (χ4n) is 3.83. The summed E-state index contributed by atoms with van der Waals surface area (Å²) >= 11 is 0. The molecule has 9 heteroatoms. The van der Waals surface area contributed by atoms with Crippen LogP contribution in [0.4, 0.5) is 0 Å².